The summed E-state index contributed by atoms with van der Waals surface area (Å²) in [5, 5.41) is 9.42. The highest BCUT2D eigenvalue weighted by atomic mass is 16.5. The summed E-state index contributed by atoms with van der Waals surface area (Å²) in [6.45, 7) is 2.00. The number of carbonyl (C=O) groups excluding carboxylic acids is 1. The Morgan fingerprint density at radius 3 is 2.81 bits per heavy atom. The summed E-state index contributed by atoms with van der Waals surface area (Å²) >= 11 is 0. The first kappa shape index (κ1) is 20.7. The van der Waals surface area contributed by atoms with Gasteiger partial charge in [-0.2, -0.15) is 0 Å². The van der Waals surface area contributed by atoms with Crippen molar-refractivity contribution in [3.8, 4) is 5.75 Å². The molecular weight excluding hydrogens is 392 g/mol. The van der Waals surface area contributed by atoms with Gasteiger partial charge in [0.05, 0.1) is 19.6 Å². The third kappa shape index (κ3) is 4.60. The average Bonchev–Trinajstić information content (AvgIpc) is 3.43. The van der Waals surface area contributed by atoms with E-state index < -0.39 is 0 Å². The second-order valence-corrected chi connectivity index (χ2v) is 7.58. The Bertz CT molecular complexity index is 1180. The molecule has 2 heterocycles. The first-order valence-electron chi connectivity index (χ1n) is 10.3. The molecule has 2 aromatic heterocycles. The highest BCUT2D eigenvalue weighted by molar-refractivity contribution is 5.83. The molecule has 0 radical (unpaired) electrons. The van der Waals surface area contributed by atoms with Crippen molar-refractivity contribution in [1.82, 2.24) is 20.1 Å². The molecule has 0 fully saturated rings. The van der Waals surface area contributed by atoms with Gasteiger partial charge in [-0.25, -0.2) is 0 Å². The third-order valence-electron chi connectivity index (χ3n) is 5.63. The second-order valence-electron chi connectivity index (χ2n) is 7.58. The number of hydrogen-bond acceptors (Lipinski definition) is 5. The van der Waals surface area contributed by atoms with Crippen molar-refractivity contribution in [2.24, 2.45) is 0 Å². The monoisotopic (exact) mass is 418 g/mol. The van der Waals surface area contributed by atoms with Gasteiger partial charge in [-0.3, -0.25) is 4.79 Å². The number of hydrogen-bond donors (Lipinski definition) is 1. The summed E-state index contributed by atoms with van der Waals surface area (Å²) in [6.07, 6.45) is 3.24. The van der Waals surface area contributed by atoms with E-state index in [-0.39, 0.29) is 11.9 Å². The molecule has 0 bridgehead atoms. The molecule has 7 nitrogen and oxygen atoms in total. The first-order chi connectivity index (χ1) is 15.0. The van der Waals surface area contributed by atoms with E-state index in [0.717, 1.165) is 27.8 Å². The molecular formula is C24H26N4O3. The van der Waals surface area contributed by atoms with E-state index in [9.17, 15) is 4.79 Å². The predicted molar refractivity (Wildman–Crippen MR) is 118 cm³/mol. The van der Waals surface area contributed by atoms with Crippen LogP contribution in [0.25, 0.3) is 10.9 Å². The molecule has 160 valence electrons. The van der Waals surface area contributed by atoms with E-state index in [1.165, 1.54) is 0 Å². The molecule has 2 aromatic carbocycles. The quantitative estimate of drug-likeness (QED) is 0.461. The molecule has 7 heteroatoms. The lowest BCUT2D eigenvalue weighted by atomic mass is 10.1. The van der Waals surface area contributed by atoms with Gasteiger partial charge in [-0.1, -0.05) is 30.3 Å². The van der Waals surface area contributed by atoms with Gasteiger partial charge in [0.25, 0.3) is 0 Å². The first-order valence-corrected chi connectivity index (χ1v) is 10.3. The molecule has 1 N–H and O–H groups in total. The minimum absolute atomic E-state index is 0.0201. The molecule has 1 amide bonds. The zero-order valence-electron chi connectivity index (χ0n) is 18.0. The van der Waals surface area contributed by atoms with Crippen molar-refractivity contribution in [3.63, 3.8) is 0 Å². The van der Waals surface area contributed by atoms with Crippen molar-refractivity contribution < 1.29 is 13.9 Å². The fraction of sp³-hybridized carbons (Fsp3) is 0.292. The number of amides is 1. The molecule has 4 rings (SSSR count). The number of nitrogens with one attached hydrogen (secondary N) is 1. The van der Waals surface area contributed by atoms with Gasteiger partial charge in [0.2, 0.25) is 17.7 Å². The third-order valence-corrected chi connectivity index (χ3v) is 5.63. The number of nitrogens with zero attached hydrogens (tertiary/aromatic N) is 3. The maximum atomic E-state index is 12.7. The van der Waals surface area contributed by atoms with Gasteiger partial charge in [-0.15, -0.1) is 10.2 Å². The van der Waals surface area contributed by atoms with Crippen molar-refractivity contribution >= 4 is 16.8 Å². The molecule has 31 heavy (non-hydrogen) atoms. The summed E-state index contributed by atoms with van der Waals surface area (Å²) in [5.41, 5.74) is 3.21. The normalized spacial score (nSPS) is 12.1. The summed E-state index contributed by atoms with van der Waals surface area (Å²) in [5.74, 6) is 1.82. The van der Waals surface area contributed by atoms with Crippen LogP contribution in [0.1, 0.15) is 42.3 Å². The summed E-state index contributed by atoms with van der Waals surface area (Å²) in [7, 11) is 3.44. The van der Waals surface area contributed by atoms with Crippen LogP contribution in [0, 0.1) is 0 Å². The summed E-state index contributed by atoms with van der Waals surface area (Å²) < 4.78 is 11.1. The fourth-order valence-electron chi connectivity index (χ4n) is 3.63. The van der Waals surface area contributed by atoms with Gasteiger partial charge >= 0.3 is 0 Å². The Morgan fingerprint density at radius 2 is 1.97 bits per heavy atom. The number of para-hydroxylation sites is 1. The summed E-state index contributed by atoms with van der Waals surface area (Å²) in [4.78, 5) is 17.7. The SMILES string of the molecule is COc1cccc([C@@H](C)N(C)C(=O)CCc2nnc(Cc3c[nH]c4ccccc34)o2)c1. The maximum absolute atomic E-state index is 12.7. The van der Waals surface area contributed by atoms with E-state index in [0.29, 0.717) is 31.0 Å². The number of benzene rings is 2. The lowest BCUT2D eigenvalue weighted by Gasteiger charge is -2.25. The van der Waals surface area contributed by atoms with Crippen LogP contribution < -0.4 is 4.74 Å². The largest absolute Gasteiger partial charge is 0.497 e. The smallest absolute Gasteiger partial charge is 0.223 e. The van der Waals surface area contributed by atoms with Gasteiger partial charge in [0.15, 0.2) is 0 Å². The Labute approximate surface area is 181 Å². The Hall–Kier alpha value is -3.61. The van der Waals surface area contributed by atoms with Gasteiger partial charge in [0, 0.05) is 37.0 Å². The van der Waals surface area contributed by atoms with E-state index in [1.54, 1.807) is 12.0 Å². The molecule has 0 aliphatic rings. The summed E-state index contributed by atoms with van der Waals surface area (Å²) in [6, 6.07) is 15.8. The average molecular weight is 418 g/mol. The molecule has 0 saturated carbocycles. The van der Waals surface area contributed by atoms with Gasteiger partial charge in [-0.05, 0) is 36.2 Å². The zero-order chi connectivity index (χ0) is 21.8. The van der Waals surface area contributed by atoms with Crippen molar-refractivity contribution in [1.29, 1.82) is 0 Å². The van der Waals surface area contributed by atoms with Crippen LogP contribution in [-0.2, 0) is 17.6 Å². The molecule has 4 aromatic rings. The molecule has 0 aliphatic heterocycles. The Kier molecular flexibility index (Phi) is 6.02. The Balaban J connectivity index is 1.35. The van der Waals surface area contributed by atoms with Crippen molar-refractivity contribution in [2.75, 3.05) is 14.2 Å². The number of aromatic nitrogens is 3. The number of carbonyl (C=O) groups is 1. The number of aromatic amines is 1. The van der Waals surface area contributed by atoms with Crippen LogP contribution in [0.4, 0.5) is 0 Å². The number of fused-ring (bicyclic) bond motifs is 1. The lowest BCUT2D eigenvalue weighted by Crippen LogP contribution is -2.29. The highest BCUT2D eigenvalue weighted by Gasteiger charge is 2.19. The van der Waals surface area contributed by atoms with Gasteiger partial charge in [0.1, 0.15) is 5.75 Å². The molecule has 1 atom stereocenters. The van der Waals surface area contributed by atoms with Crippen LogP contribution in [0.3, 0.4) is 0 Å². The number of H-pyrrole nitrogens is 1. The lowest BCUT2D eigenvalue weighted by molar-refractivity contribution is -0.131. The minimum Gasteiger partial charge on any atom is -0.497 e. The minimum atomic E-state index is -0.0669. The van der Waals surface area contributed by atoms with E-state index in [2.05, 4.69) is 21.2 Å². The number of ether oxygens (including phenoxy) is 1. The molecule has 0 saturated heterocycles. The zero-order valence-corrected chi connectivity index (χ0v) is 18.0. The standard InChI is InChI=1S/C24H26N4O3/c1-16(17-7-6-8-19(13-17)30-3)28(2)24(29)12-11-22-26-27-23(31-22)14-18-15-25-21-10-5-4-9-20(18)21/h4-10,13,15-16,25H,11-12,14H2,1-3H3/t16-/m1/s1. The number of rotatable bonds is 8. The van der Waals surface area contributed by atoms with Crippen LogP contribution in [0.2, 0.25) is 0 Å². The van der Waals surface area contributed by atoms with Crippen LogP contribution in [0.15, 0.2) is 59.1 Å². The molecule has 0 unspecified atom stereocenters. The van der Waals surface area contributed by atoms with Gasteiger partial charge < -0.3 is 19.0 Å². The second kappa shape index (κ2) is 9.04. The molecule has 0 aliphatic carbocycles. The van der Waals surface area contributed by atoms with Crippen molar-refractivity contribution in [2.45, 2.75) is 32.2 Å². The van der Waals surface area contributed by atoms with E-state index >= 15 is 0 Å². The Morgan fingerprint density at radius 1 is 1.16 bits per heavy atom. The molecule has 0 spiro atoms. The van der Waals surface area contributed by atoms with Crippen LogP contribution in [0.5, 0.6) is 5.75 Å². The number of methoxy groups -OCH3 is 1. The van der Waals surface area contributed by atoms with Crippen molar-refractivity contribution in [3.05, 3.63) is 77.6 Å². The predicted octanol–water partition coefficient (Wildman–Crippen LogP) is 4.30. The topological polar surface area (TPSA) is 84.2 Å². The maximum Gasteiger partial charge on any atom is 0.223 e. The van der Waals surface area contributed by atoms with E-state index in [4.69, 9.17) is 9.15 Å². The van der Waals surface area contributed by atoms with Crippen LogP contribution >= 0.6 is 0 Å². The van der Waals surface area contributed by atoms with E-state index in [1.807, 2.05) is 62.6 Å². The fourth-order valence-corrected chi connectivity index (χ4v) is 3.63. The van der Waals surface area contributed by atoms with Crippen LogP contribution in [-0.4, -0.2) is 40.1 Å². The highest BCUT2D eigenvalue weighted by Crippen LogP contribution is 2.24. The number of aryl methyl sites for hydroxylation is 1.